The van der Waals surface area contributed by atoms with Crippen molar-refractivity contribution in [1.82, 2.24) is 4.57 Å². The van der Waals surface area contributed by atoms with E-state index >= 15 is 0 Å². The Labute approximate surface area is 388 Å². The number of rotatable bonds is 8. The fraction of sp³-hybridized carbons (Fsp3) is 0. The summed E-state index contributed by atoms with van der Waals surface area (Å²) >= 11 is 0. The minimum Gasteiger partial charge on any atom is -0.456 e. The molecule has 0 fully saturated rings. The summed E-state index contributed by atoms with van der Waals surface area (Å²) in [5.41, 5.74) is 17.1. The highest BCUT2D eigenvalue weighted by molar-refractivity contribution is 6.14. The monoisotopic (exact) mass is 858 g/mol. The van der Waals surface area contributed by atoms with Crippen molar-refractivity contribution >= 4 is 84.2 Å². The molecule has 10 aromatic carbocycles. The molecule has 3 heterocycles. The van der Waals surface area contributed by atoms with Crippen LogP contribution in [0.5, 0.6) is 0 Å². The Kier molecular flexibility index (Phi) is 9.10. The lowest BCUT2D eigenvalue weighted by atomic mass is 10.00. The Morgan fingerprint density at radius 1 is 0.313 bits per heavy atom. The van der Waals surface area contributed by atoms with Crippen molar-refractivity contribution in [1.29, 1.82) is 0 Å². The second kappa shape index (κ2) is 15.9. The maximum Gasteiger partial charge on any atom is 0.148 e. The number of hydrogen-bond acceptors (Lipinski definition) is 4. The van der Waals surface area contributed by atoms with Crippen molar-refractivity contribution in [3.05, 3.63) is 255 Å². The minimum absolute atomic E-state index is 0.843. The minimum atomic E-state index is 0.843. The quantitative estimate of drug-likeness (QED) is 0.152. The maximum atomic E-state index is 6.54. The number of aromatic nitrogens is 1. The number of anilines is 9. The van der Waals surface area contributed by atoms with Gasteiger partial charge in [0.05, 0.1) is 22.6 Å². The van der Waals surface area contributed by atoms with Gasteiger partial charge in [0, 0.05) is 56.3 Å². The van der Waals surface area contributed by atoms with E-state index in [1.54, 1.807) is 0 Å². The number of fused-ring (bicyclic) bond motifs is 7. The molecular weight excluding hydrogens is 817 g/mol. The van der Waals surface area contributed by atoms with E-state index in [1.807, 2.05) is 12.1 Å². The average molecular weight is 859 g/mol. The first-order valence-electron chi connectivity index (χ1n) is 22.8. The first-order chi connectivity index (χ1) is 33.2. The van der Waals surface area contributed by atoms with E-state index in [9.17, 15) is 0 Å². The molecule has 0 N–H and O–H groups in total. The highest BCUT2D eigenvalue weighted by atomic mass is 16.3. The van der Waals surface area contributed by atoms with Gasteiger partial charge in [-0.25, -0.2) is 0 Å². The average Bonchev–Trinajstić information content (AvgIpc) is 3.95. The van der Waals surface area contributed by atoms with Gasteiger partial charge in [-0.05, 0) is 113 Å². The molecule has 0 bridgehead atoms. The molecule has 13 rings (SSSR count). The number of furan rings is 1. The zero-order valence-electron chi connectivity index (χ0n) is 36.4. The van der Waals surface area contributed by atoms with E-state index in [0.29, 0.717) is 0 Å². The van der Waals surface area contributed by atoms with E-state index in [4.69, 9.17) is 4.42 Å². The van der Waals surface area contributed by atoms with E-state index in [-0.39, 0.29) is 0 Å². The van der Waals surface area contributed by atoms with Gasteiger partial charge < -0.3 is 14.2 Å². The fourth-order valence-electron chi connectivity index (χ4n) is 10.0. The van der Waals surface area contributed by atoms with Crippen molar-refractivity contribution in [3.63, 3.8) is 0 Å². The Hall–Kier alpha value is -9.06. The molecule has 0 atom stereocenters. The molecular formula is C62H42N4O. The lowest BCUT2D eigenvalue weighted by Crippen LogP contribution is -2.25. The Bertz CT molecular complexity index is 3730. The third-order valence-corrected chi connectivity index (χ3v) is 13.1. The van der Waals surface area contributed by atoms with Gasteiger partial charge in [0.1, 0.15) is 17.0 Å². The van der Waals surface area contributed by atoms with Gasteiger partial charge >= 0.3 is 0 Å². The number of para-hydroxylation sites is 5. The summed E-state index contributed by atoms with van der Waals surface area (Å²) in [6.45, 7) is 0. The summed E-state index contributed by atoms with van der Waals surface area (Å²) in [5.74, 6) is 1.06. The van der Waals surface area contributed by atoms with E-state index in [0.717, 1.165) is 95.4 Å². The standard InChI is InChI=1S/C62H42N4O/c1-5-17-43(18-6-1)44-29-31-45(32-30-44)46-33-35-50(36-34-46)63(52-37-39-54-53-25-14-16-28-59(53)67-60(54)42-52)51-38-40-57-58(41-51)66(49-23-11-4-12-24-49)62-61(64(57)47-19-7-2-8-20-47)55-26-13-15-27-56(55)65(62)48-21-9-3-10-22-48/h1-42H. The van der Waals surface area contributed by atoms with Crippen molar-refractivity contribution < 1.29 is 4.42 Å². The van der Waals surface area contributed by atoms with Crippen molar-refractivity contribution in [2.24, 2.45) is 0 Å². The molecule has 67 heavy (non-hydrogen) atoms. The van der Waals surface area contributed by atoms with Crippen molar-refractivity contribution in [2.75, 3.05) is 14.7 Å². The third kappa shape index (κ3) is 6.47. The van der Waals surface area contributed by atoms with E-state index in [1.165, 1.54) is 16.7 Å². The van der Waals surface area contributed by atoms with E-state index < -0.39 is 0 Å². The van der Waals surface area contributed by atoms with Gasteiger partial charge in [0.25, 0.3) is 0 Å². The molecule has 12 aromatic rings. The van der Waals surface area contributed by atoms with Gasteiger partial charge in [0.15, 0.2) is 0 Å². The summed E-state index contributed by atoms with van der Waals surface area (Å²) in [7, 11) is 0. The van der Waals surface area contributed by atoms with Crippen LogP contribution in [0.1, 0.15) is 0 Å². The van der Waals surface area contributed by atoms with Gasteiger partial charge in [-0.2, -0.15) is 0 Å². The molecule has 0 saturated carbocycles. The van der Waals surface area contributed by atoms with Gasteiger partial charge in [-0.1, -0.05) is 158 Å². The lowest BCUT2D eigenvalue weighted by Gasteiger charge is -2.40. The molecule has 0 saturated heterocycles. The lowest BCUT2D eigenvalue weighted by molar-refractivity contribution is 0.669. The Balaban J connectivity index is 1.03. The van der Waals surface area contributed by atoms with Crippen LogP contribution in [-0.2, 0) is 0 Å². The molecule has 2 aromatic heterocycles. The molecule has 5 heteroatoms. The second-order valence-corrected chi connectivity index (χ2v) is 17.0. The summed E-state index contributed by atoms with van der Waals surface area (Å²) in [5, 5.41) is 3.36. The molecule has 0 unspecified atom stereocenters. The van der Waals surface area contributed by atoms with Crippen molar-refractivity contribution in [3.8, 4) is 27.9 Å². The highest BCUT2D eigenvalue weighted by Crippen LogP contribution is 2.59. The first-order valence-corrected chi connectivity index (χ1v) is 22.8. The zero-order chi connectivity index (χ0) is 44.3. The van der Waals surface area contributed by atoms with Crippen LogP contribution < -0.4 is 14.7 Å². The number of benzene rings is 10. The van der Waals surface area contributed by atoms with Gasteiger partial charge in [-0.15, -0.1) is 0 Å². The maximum absolute atomic E-state index is 6.54. The summed E-state index contributed by atoms with van der Waals surface area (Å²) < 4.78 is 8.96. The van der Waals surface area contributed by atoms with Crippen LogP contribution in [0, 0.1) is 0 Å². The number of nitrogens with zero attached hydrogens (tertiary/aromatic N) is 4. The fourth-order valence-corrected chi connectivity index (χ4v) is 10.0. The normalized spacial score (nSPS) is 12.1. The van der Waals surface area contributed by atoms with Crippen molar-refractivity contribution in [2.45, 2.75) is 0 Å². The Morgan fingerprint density at radius 2 is 0.791 bits per heavy atom. The summed E-state index contributed by atoms with van der Waals surface area (Å²) in [6.07, 6.45) is 0. The largest absolute Gasteiger partial charge is 0.456 e. The van der Waals surface area contributed by atoms with Crippen LogP contribution in [0.15, 0.2) is 259 Å². The summed E-state index contributed by atoms with van der Waals surface area (Å²) in [4.78, 5) is 7.25. The Morgan fingerprint density at radius 3 is 1.46 bits per heavy atom. The predicted molar refractivity (Wildman–Crippen MR) is 279 cm³/mol. The topological polar surface area (TPSA) is 27.8 Å². The van der Waals surface area contributed by atoms with Crippen LogP contribution >= 0.6 is 0 Å². The molecule has 0 amide bonds. The second-order valence-electron chi connectivity index (χ2n) is 17.0. The summed E-state index contributed by atoms with van der Waals surface area (Å²) in [6, 6.07) is 91.1. The van der Waals surface area contributed by atoms with E-state index in [2.05, 4.69) is 262 Å². The van der Waals surface area contributed by atoms with Crippen LogP contribution in [0.25, 0.3) is 60.8 Å². The number of hydrogen-bond donors (Lipinski definition) is 0. The molecule has 1 aliphatic heterocycles. The smallest absolute Gasteiger partial charge is 0.148 e. The third-order valence-electron chi connectivity index (χ3n) is 13.1. The molecule has 0 spiro atoms. The SMILES string of the molecule is c1ccc(-c2ccc(-c3ccc(N(c4ccc5c(c4)N(c4ccccc4)c4c(c6ccccc6n4-c4ccccc4)N5c4ccccc4)c4ccc5c(c4)oc4ccccc45)cc3)cc2)cc1. The predicted octanol–water partition coefficient (Wildman–Crippen LogP) is 17.6. The zero-order valence-corrected chi connectivity index (χ0v) is 36.4. The molecule has 5 nitrogen and oxygen atoms in total. The molecule has 0 aliphatic carbocycles. The van der Waals surface area contributed by atoms with Crippen LogP contribution in [0.2, 0.25) is 0 Å². The molecule has 316 valence electrons. The molecule has 1 aliphatic rings. The van der Waals surface area contributed by atoms with Gasteiger partial charge in [-0.3, -0.25) is 9.47 Å². The highest BCUT2D eigenvalue weighted by Gasteiger charge is 2.37. The van der Waals surface area contributed by atoms with Gasteiger partial charge in [0.2, 0.25) is 0 Å². The van der Waals surface area contributed by atoms with Crippen LogP contribution in [0.3, 0.4) is 0 Å². The molecule has 0 radical (unpaired) electrons. The first kappa shape index (κ1) is 38.4. The van der Waals surface area contributed by atoms with Crippen LogP contribution in [-0.4, -0.2) is 4.57 Å². The van der Waals surface area contributed by atoms with Crippen LogP contribution in [0.4, 0.5) is 51.3 Å².